The standard InChI is InChI=1S/C14H12BrFN2O/c1-8-6-10(7-9(2)12(8)15)18-14(19)11-4-3-5-17-13(11)16/h3-7H,1-2H3,(H,18,19). The van der Waals surface area contributed by atoms with E-state index in [0.29, 0.717) is 5.69 Å². The Morgan fingerprint density at radius 3 is 2.53 bits per heavy atom. The molecule has 0 aliphatic rings. The molecular weight excluding hydrogens is 311 g/mol. The van der Waals surface area contributed by atoms with Crippen LogP contribution in [-0.2, 0) is 0 Å². The molecule has 19 heavy (non-hydrogen) atoms. The molecule has 1 aromatic heterocycles. The van der Waals surface area contributed by atoms with Gasteiger partial charge in [0.15, 0.2) is 0 Å². The van der Waals surface area contributed by atoms with Crippen LogP contribution in [0.4, 0.5) is 10.1 Å². The molecule has 98 valence electrons. The van der Waals surface area contributed by atoms with E-state index in [1.54, 1.807) is 0 Å². The molecule has 0 saturated heterocycles. The highest BCUT2D eigenvalue weighted by Gasteiger charge is 2.13. The van der Waals surface area contributed by atoms with Gasteiger partial charge >= 0.3 is 0 Å². The molecule has 0 spiro atoms. The molecule has 1 aromatic carbocycles. The molecule has 1 N–H and O–H groups in total. The molecule has 5 heteroatoms. The summed E-state index contributed by atoms with van der Waals surface area (Å²) in [5.74, 6) is -1.28. The van der Waals surface area contributed by atoms with E-state index in [9.17, 15) is 9.18 Å². The number of nitrogens with zero attached hydrogens (tertiary/aromatic N) is 1. The van der Waals surface area contributed by atoms with E-state index < -0.39 is 11.9 Å². The van der Waals surface area contributed by atoms with Crippen molar-refractivity contribution in [2.75, 3.05) is 5.32 Å². The zero-order chi connectivity index (χ0) is 14.0. The second-order valence-corrected chi connectivity index (χ2v) is 5.01. The Balaban J connectivity index is 2.27. The van der Waals surface area contributed by atoms with E-state index in [0.717, 1.165) is 15.6 Å². The predicted octanol–water partition coefficient (Wildman–Crippen LogP) is 3.85. The summed E-state index contributed by atoms with van der Waals surface area (Å²) in [5, 5.41) is 2.67. The SMILES string of the molecule is Cc1cc(NC(=O)c2cccnc2F)cc(C)c1Br. The van der Waals surface area contributed by atoms with Crippen molar-refractivity contribution in [3.63, 3.8) is 0 Å². The molecule has 2 rings (SSSR count). The van der Waals surface area contributed by atoms with Gasteiger partial charge in [0.2, 0.25) is 5.95 Å². The van der Waals surface area contributed by atoms with Gasteiger partial charge in [-0.3, -0.25) is 4.79 Å². The number of pyridine rings is 1. The van der Waals surface area contributed by atoms with Crippen LogP contribution in [0.15, 0.2) is 34.9 Å². The number of aromatic nitrogens is 1. The van der Waals surface area contributed by atoms with Gasteiger partial charge in [-0.05, 0) is 49.2 Å². The van der Waals surface area contributed by atoms with Crippen molar-refractivity contribution in [2.45, 2.75) is 13.8 Å². The summed E-state index contributed by atoms with van der Waals surface area (Å²) < 4.78 is 14.4. The first-order chi connectivity index (χ1) is 8.99. The largest absolute Gasteiger partial charge is 0.322 e. The van der Waals surface area contributed by atoms with Crippen LogP contribution in [0.25, 0.3) is 0 Å². The fourth-order valence-electron chi connectivity index (χ4n) is 1.77. The van der Waals surface area contributed by atoms with Crippen molar-refractivity contribution in [2.24, 2.45) is 0 Å². The average molecular weight is 323 g/mol. The fourth-order valence-corrected chi connectivity index (χ4v) is 2.00. The maximum atomic E-state index is 13.4. The summed E-state index contributed by atoms with van der Waals surface area (Å²) in [7, 11) is 0. The van der Waals surface area contributed by atoms with Crippen molar-refractivity contribution in [3.05, 3.63) is 57.6 Å². The van der Waals surface area contributed by atoms with Crippen molar-refractivity contribution in [1.29, 1.82) is 0 Å². The monoisotopic (exact) mass is 322 g/mol. The number of carbonyl (C=O) groups is 1. The third-order valence-electron chi connectivity index (χ3n) is 2.70. The van der Waals surface area contributed by atoms with Crippen LogP contribution in [0, 0.1) is 19.8 Å². The van der Waals surface area contributed by atoms with Crippen LogP contribution < -0.4 is 5.32 Å². The lowest BCUT2D eigenvalue weighted by Gasteiger charge is -2.09. The number of anilines is 1. The molecule has 0 aliphatic heterocycles. The lowest BCUT2D eigenvalue weighted by atomic mass is 10.1. The summed E-state index contributed by atoms with van der Waals surface area (Å²) in [4.78, 5) is 15.4. The molecule has 0 bridgehead atoms. The molecule has 1 amide bonds. The van der Waals surface area contributed by atoms with Crippen molar-refractivity contribution in [3.8, 4) is 0 Å². The first-order valence-corrected chi connectivity index (χ1v) is 6.47. The maximum Gasteiger partial charge on any atom is 0.260 e. The zero-order valence-electron chi connectivity index (χ0n) is 10.5. The Morgan fingerprint density at radius 1 is 1.32 bits per heavy atom. The third-order valence-corrected chi connectivity index (χ3v) is 3.95. The van der Waals surface area contributed by atoms with Gasteiger partial charge in [-0.2, -0.15) is 4.39 Å². The van der Waals surface area contributed by atoms with Crippen LogP contribution in [0.5, 0.6) is 0 Å². The second-order valence-electron chi connectivity index (χ2n) is 4.22. The molecule has 0 fully saturated rings. The highest BCUT2D eigenvalue weighted by molar-refractivity contribution is 9.10. The number of benzene rings is 1. The average Bonchev–Trinajstić information content (AvgIpc) is 2.36. The Kier molecular flexibility index (Phi) is 3.95. The number of hydrogen-bond acceptors (Lipinski definition) is 2. The third kappa shape index (κ3) is 2.98. The Bertz CT molecular complexity index is 620. The smallest absolute Gasteiger partial charge is 0.260 e. The van der Waals surface area contributed by atoms with Crippen LogP contribution in [-0.4, -0.2) is 10.9 Å². The molecule has 3 nitrogen and oxygen atoms in total. The van der Waals surface area contributed by atoms with Crippen LogP contribution in [0.2, 0.25) is 0 Å². The van der Waals surface area contributed by atoms with Crippen LogP contribution in [0.3, 0.4) is 0 Å². The topological polar surface area (TPSA) is 42.0 Å². The predicted molar refractivity (Wildman–Crippen MR) is 75.8 cm³/mol. The van der Waals surface area contributed by atoms with E-state index in [1.165, 1.54) is 18.3 Å². The lowest BCUT2D eigenvalue weighted by Crippen LogP contribution is -2.14. The number of aryl methyl sites for hydroxylation is 2. The quantitative estimate of drug-likeness (QED) is 0.853. The minimum Gasteiger partial charge on any atom is -0.322 e. The minimum absolute atomic E-state index is 0.0688. The van der Waals surface area contributed by atoms with Gasteiger partial charge in [0.1, 0.15) is 0 Å². The van der Waals surface area contributed by atoms with Gasteiger partial charge in [-0.1, -0.05) is 15.9 Å². The molecule has 2 aromatic rings. The maximum absolute atomic E-state index is 13.4. The molecular formula is C14H12BrFN2O. The molecule has 0 unspecified atom stereocenters. The van der Waals surface area contributed by atoms with E-state index >= 15 is 0 Å². The van der Waals surface area contributed by atoms with Crippen molar-refractivity contribution in [1.82, 2.24) is 4.98 Å². The van der Waals surface area contributed by atoms with Gasteiger partial charge in [-0.25, -0.2) is 4.98 Å². The Morgan fingerprint density at radius 2 is 1.95 bits per heavy atom. The van der Waals surface area contributed by atoms with Gasteiger partial charge < -0.3 is 5.32 Å². The fraction of sp³-hybridized carbons (Fsp3) is 0.143. The normalized spacial score (nSPS) is 10.3. The first kappa shape index (κ1) is 13.7. The Hall–Kier alpha value is -1.75. The summed E-state index contributed by atoms with van der Waals surface area (Å²) in [6, 6.07) is 6.57. The van der Waals surface area contributed by atoms with E-state index in [4.69, 9.17) is 0 Å². The highest BCUT2D eigenvalue weighted by atomic mass is 79.9. The second kappa shape index (κ2) is 5.48. The summed E-state index contributed by atoms with van der Waals surface area (Å²) in [6.07, 6.45) is 1.31. The van der Waals surface area contributed by atoms with E-state index in [1.807, 2.05) is 26.0 Å². The van der Waals surface area contributed by atoms with Gasteiger partial charge in [-0.15, -0.1) is 0 Å². The van der Waals surface area contributed by atoms with E-state index in [2.05, 4.69) is 26.2 Å². The van der Waals surface area contributed by atoms with Gasteiger partial charge in [0, 0.05) is 16.4 Å². The van der Waals surface area contributed by atoms with Gasteiger partial charge in [0.05, 0.1) is 5.56 Å². The number of rotatable bonds is 2. The molecule has 0 aliphatic carbocycles. The zero-order valence-corrected chi connectivity index (χ0v) is 12.1. The molecule has 1 heterocycles. The number of hydrogen-bond donors (Lipinski definition) is 1. The van der Waals surface area contributed by atoms with Gasteiger partial charge in [0.25, 0.3) is 5.91 Å². The van der Waals surface area contributed by atoms with Crippen molar-refractivity contribution >= 4 is 27.5 Å². The number of amides is 1. The molecule has 0 saturated carbocycles. The van der Waals surface area contributed by atoms with Crippen molar-refractivity contribution < 1.29 is 9.18 Å². The van der Waals surface area contributed by atoms with Crippen LogP contribution in [0.1, 0.15) is 21.5 Å². The van der Waals surface area contributed by atoms with E-state index in [-0.39, 0.29) is 5.56 Å². The summed E-state index contributed by atoms with van der Waals surface area (Å²) in [6.45, 7) is 3.86. The number of nitrogens with one attached hydrogen (secondary N) is 1. The Labute approximate surface area is 119 Å². The van der Waals surface area contributed by atoms with Crippen LogP contribution >= 0.6 is 15.9 Å². The number of carbonyl (C=O) groups excluding carboxylic acids is 1. The number of halogens is 2. The molecule has 0 radical (unpaired) electrons. The first-order valence-electron chi connectivity index (χ1n) is 5.67. The summed E-state index contributed by atoms with van der Waals surface area (Å²) in [5.41, 5.74) is 2.57. The summed E-state index contributed by atoms with van der Waals surface area (Å²) >= 11 is 3.45. The minimum atomic E-state index is -0.773. The molecule has 0 atom stereocenters. The lowest BCUT2D eigenvalue weighted by molar-refractivity contribution is 0.102. The highest BCUT2D eigenvalue weighted by Crippen LogP contribution is 2.25.